The quantitative estimate of drug-likeness (QED) is 0.498. The summed E-state index contributed by atoms with van der Waals surface area (Å²) >= 11 is 0. The standard InChI is InChI=1S/C17H32O2/c1-2-3-4-5-6-10-13-17(18)15-19-14-16-11-8-7-9-12-16/h16H,2-15H2,1H3. The normalized spacial score (nSPS) is 16.7. The number of carbonyl (C=O) groups excluding carboxylic acids is 1. The van der Waals surface area contributed by atoms with Crippen LogP contribution in [-0.4, -0.2) is 19.0 Å². The van der Waals surface area contributed by atoms with E-state index in [-0.39, 0.29) is 0 Å². The molecule has 0 heterocycles. The molecule has 0 radical (unpaired) electrons. The second kappa shape index (κ2) is 11.5. The molecule has 0 spiro atoms. The van der Waals surface area contributed by atoms with Gasteiger partial charge in [0.1, 0.15) is 6.61 Å². The van der Waals surface area contributed by atoms with E-state index in [0.717, 1.165) is 25.4 Å². The van der Waals surface area contributed by atoms with E-state index in [1.807, 2.05) is 0 Å². The van der Waals surface area contributed by atoms with Crippen LogP contribution in [0.3, 0.4) is 0 Å². The van der Waals surface area contributed by atoms with E-state index in [1.165, 1.54) is 64.2 Å². The number of ketones is 1. The van der Waals surface area contributed by atoms with Gasteiger partial charge in [-0.15, -0.1) is 0 Å². The Hall–Kier alpha value is -0.370. The lowest BCUT2D eigenvalue weighted by Gasteiger charge is -2.21. The van der Waals surface area contributed by atoms with Crippen LogP contribution in [0.1, 0.15) is 84.0 Å². The summed E-state index contributed by atoms with van der Waals surface area (Å²) in [5.74, 6) is 1.02. The van der Waals surface area contributed by atoms with E-state index >= 15 is 0 Å². The van der Waals surface area contributed by atoms with Crippen LogP contribution in [-0.2, 0) is 9.53 Å². The molecule has 112 valence electrons. The minimum Gasteiger partial charge on any atom is -0.373 e. The van der Waals surface area contributed by atoms with E-state index in [1.54, 1.807) is 0 Å². The molecule has 0 aromatic heterocycles. The molecule has 1 saturated carbocycles. The van der Waals surface area contributed by atoms with Crippen molar-refractivity contribution in [1.29, 1.82) is 0 Å². The number of unbranched alkanes of at least 4 members (excludes halogenated alkanes) is 5. The van der Waals surface area contributed by atoms with Crippen LogP contribution in [0, 0.1) is 5.92 Å². The first-order valence-corrected chi connectivity index (χ1v) is 8.42. The van der Waals surface area contributed by atoms with Crippen molar-refractivity contribution in [2.24, 2.45) is 5.92 Å². The second-order valence-corrected chi connectivity index (χ2v) is 6.08. The molecule has 19 heavy (non-hydrogen) atoms. The van der Waals surface area contributed by atoms with Gasteiger partial charge in [-0.25, -0.2) is 0 Å². The third-order valence-electron chi connectivity index (χ3n) is 4.15. The van der Waals surface area contributed by atoms with Crippen LogP contribution in [0.25, 0.3) is 0 Å². The molecular weight excluding hydrogens is 236 g/mol. The molecule has 0 bridgehead atoms. The Balaban J connectivity index is 1.87. The highest BCUT2D eigenvalue weighted by molar-refractivity contribution is 5.79. The molecule has 0 aromatic carbocycles. The zero-order chi connectivity index (χ0) is 13.8. The Morgan fingerprint density at radius 3 is 2.42 bits per heavy atom. The predicted octanol–water partition coefficient (Wildman–Crippen LogP) is 4.90. The zero-order valence-corrected chi connectivity index (χ0v) is 12.8. The minimum atomic E-state index is 0.298. The van der Waals surface area contributed by atoms with Gasteiger partial charge in [0.2, 0.25) is 0 Å². The second-order valence-electron chi connectivity index (χ2n) is 6.08. The summed E-state index contributed by atoms with van der Waals surface area (Å²) < 4.78 is 5.58. The van der Waals surface area contributed by atoms with Gasteiger partial charge in [0.15, 0.2) is 5.78 Å². The SMILES string of the molecule is CCCCCCCCC(=O)COCC1CCCCC1. The summed E-state index contributed by atoms with van der Waals surface area (Å²) in [5, 5.41) is 0. The summed E-state index contributed by atoms with van der Waals surface area (Å²) in [6.45, 7) is 3.39. The highest BCUT2D eigenvalue weighted by atomic mass is 16.5. The van der Waals surface area contributed by atoms with Crippen molar-refractivity contribution in [3.8, 4) is 0 Å². The molecule has 1 rings (SSSR count). The Morgan fingerprint density at radius 1 is 1.00 bits per heavy atom. The number of hydrogen-bond donors (Lipinski definition) is 0. The van der Waals surface area contributed by atoms with Crippen LogP contribution in [0.2, 0.25) is 0 Å². The lowest BCUT2D eigenvalue weighted by Crippen LogP contribution is -2.17. The molecule has 1 aliphatic rings. The largest absolute Gasteiger partial charge is 0.373 e. The summed E-state index contributed by atoms with van der Waals surface area (Å²) in [4.78, 5) is 11.6. The van der Waals surface area contributed by atoms with E-state index in [2.05, 4.69) is 6.92 Å². The Labute approximate surface area is 119 Å². The van der Waals surface area contributed by atoms with Gasteiger partial charge in [-0.1, -0.05) is 58.3 Å². The Kier molecular flexibility index (Phi) is 10.1. The van der Waals surface area contributed by atoms with Gasteiger partial charge >= 0.3 is 0 Å². The van der Waals surface area contributed by atoms with Crippen molar-refractivity contribution in [1.82, 2.24) is 0 Å². The molecule has 0 amide bonds. The van der Waals surface area contributed by atoms with Gasteiger partial charge in [0, 0.05) is 13.0 Å². The zero-order valence-electron chi connectivity index (χ0n) is 12.8. The maximum atomic E-state index is 11.6. The molecule has 0 aliphatic heterocycles. The first kappa shape index (κ1) is 16.7. The maximum absolute atomic E-state index is 11.6. The van der Waals surface area contributed by atoms with Crippen LogP contribution < -0.4 is 0 Å². The first-order chi connectivity index (χ1) is 9.33. The molecular formula is C17H32O2. The van der Waals surface area contributed by atoms with Gasteiger partial charge < -0.3 is 4.74 Å². The smallest absolute Gasteiger partial charge is 0.158 e. The fourth-order valence-corrected chi connectivity index (χ4v) is 2.87. The molecule has 1 aliphatic carbocycles. The molecule has 0 saturated heterocycles. The van der Waals surface area contributed by atoms with Gasteiger partial charge in [-0.3, -0.25) is 4.79 Å². The highest BCUT2D eigenvalue weighted by Crippen LogP contribution is 2.23. The fraction of sp³-hybridized carbons (Fsp3) is 0.941. The van der Waals surface area contributed by atoms with Gasteiger partial charge in [0.25, 0.3) is 0 Å². The predicted molar refractivity (Wildman–Crippen MR) is 80.4 cm³/mol. The van der Waals surface area contributed by atoms with E-state index < -0.39 is 0 Å². The third-order valence-corrected chi connectivity index (χ3v) is 4.15. The Morgan fingerprint density at radius 2 is 1.68 bits per heavy atom. The van der Waals surface area contributed by atoms with Crippen LogP contribution in [0.15, 0.2) is 0 Å². The lowest BCUT2D eigenvalue weighted by molar-refractivity contribution is -0.124. The number of Topliss-reactive ketones (excluding diaryl/α,β-unsaturated/α-hetero) is 1. The summed E-state index contributed by atoms with van der Waals surface area (Å²) in [6, 6.07) is 0. The average Bonchev–Trinajstić information content (AvgIpc) is 2.44. The number of hydrogen-bond acceptors (Lipinski definition) is 2. The van der Waals surface area contributed by atoms with Crippen molar-refractivity contribution in [3.63, 3.8) is 0 Å². The highest BCUT2D eigenvalue weighted by Gasteiger charge is 2.13. The summed E-state index contributed by atoms with van der Waals surface area (Å²) in [5.41, 5.74) is 0. The molecule has 0 unspecified atom stereocenters. The van der Waals surface area contributed by atoms with Crippen molar-refractivity contribution < 1.29 is 9.53 Å². The topological polar surface area (TPSA) is 26.3 Å². The third kappa shape index (κ3) is 9.21. The van der Waals surface area contributed by atoms with Crippen molar-refractivity contribution in [2.75, 3.05) is 13.2 Å². The van der Waals surface area contributed by atoms with Gasteiger partial charge in [0.05, 0.1) is 0 Å². The number of rotatable bonds is 11. The Bertz CT molecular complexity index is 219. The number of ether oxygens (including phenoxy) is 1. The van der Waals surface area contributed by atoms with Gasteiger partial charge in [-0.2, -0.15) is 0 Å². The maximum Gasteiger partial charge on any atom is 0.158 e. The number of carbonyl (C=O) groups is 1. The molecule has 2 nitrogen and oxygen atoms in total. The average molecular weight is 268 g/mol. The molecule has 0 aromatic rings. The summed E-state index contributed by atoms with van der Waals surface area (Å²) in [7, 11) is 0. The van der Waals surface area contributed by atoms with Gasteiger partial charge in [-0.05, 0) is 25.2 Å². The lowest BCUT2D eigenvalue weighted by atomic mass is 9.90. The molecule has 0 atom stereocenters. The van der Waals surface area contributed by atoms with E-state index in [4.69, 9.17) is 4.74 Å². The van der Waals surface area contributed by atoms with E-state index in [0.29, 0.717) is 12.4 Å². The monoisotopic (exact) mass is 268 g/mol. The van der Waals surface area contributed by atoms with Crippen molar-refractivity contribution in [2.45, 2.75) is 84.0 Å². The molecule has 0 N–H and O–H groups in total. The molecule has 1 fully saturated rings. The van der Waals surface area contributed by atoms with Crippen LogP contribution >= 0.6 is 0 Å². The van der Waals surface area contributed by atoms with E-state index in [9.17, 15) is 4.79 Å². The molecule has 2 heteroatoms. The minimum absolute atomic E-state index is 0.298. The van der Waals surface area contributed by atoms with Crippen molar-refractivity contribution in [3.05, 3.63) is 0 Å². The van der Waals surface area contributed by atoms with Crippen LogP contribution in [0.5, 0.6) is 0 Å². The van der Waals surface area contributed by atoms with Crippen molar-refractivity contribution >= 4 is 5.78 Å². The first-order valence-electron chi connectivity index (χ1n) is 8.42. The summed E-state index contributed by atoms with van der Waals surface area (Å²) in [6.07, 6.45) is 14.9. The fourth-order valence-electron chi connectivity index (χ4n) is 2.87. The van der Waals surface area contributed by atoms with Crippen LogP contribution in [0.4, 0.5) is 0 Å².